The number of nitrogens with zero attached hydrogens (tertiary/aromatic N) is 3. The van der Waals surface area contributed by atoms with Gasteiger partial charge in [0.05, 0.1) is 17.7 Å². The van der Waals surface area contributed by atoms with Crippen LogP contribution in [0.25, 0.3) is 0 Å². The quantitative estimate of drug-likeness (QED) is 0.606. The van der Waals surface area contributed by atoms with Crippen LogP contribution in [0.15, 0.2) is 52.0 Å². The van der Waals surface area contributed by atoms with E-state index in [0.717, 1.165) is 50.1 Å². The van der Waals surface area contributed by atoms with Gasteiger partial charge in [0.1, 0.15) is 5.76 Å². The van der Waals surface area contributed by atoms with Crippen molar-refractivity contribution in [3.63, 3.8) is 0 Å². The highest BCUT2D eigenvalue weighted by atomic mass is 32.2. The predicted octanol–water partition coefficient (Wildman–Crippen LogP) is 3.12. The van der Waals surface area contributed by atoms with Gasteiger partial charge < -0.3 is 14.2 Å². The molecule has 0 aliphatic carbocycles. The van der Waals surface area contributed by atoms with Crippen LogP contribution in [0, 0.1) is 0 Å². The minimum atomic E-state index is -3.40. The molecule has 2 saturated heterocycles. The third-order valence-electron chi connectivity index (χ3n) is 6.61. The van der Waals surface area contributed by atoms with Gasteiger partial charge in [0, 0.05) is 25.6 Å². The van der Waals surface area contributed by atoms with Crippen LogP contribution in [-0.4, -0.2) is 67.7 Å². The number of furan rings is 1. The van der Waals surface area contributed by atoms with Crippen molar-refractivity contribution in [3.8, 4) is 0 Å². The summed E-state index contributed by atoms with van der Waals surface area (Å²) >= 11 is 0. The van der Waals surface area contributed by atoms with Gasteiger partial charge in [-0.3, -0.25) is 4.79 Å². The summed E-state index contributed by atoms with van der Waals surface area (Å²) in [6, 6.07) is 11.0. The number of piperidine rings is 1. The van der Waals surface area contributed by atoms with E-state index < -0.39 is 10.0 Å². The van der Waals surface area contributed by atoms with Crippen molar-refractivity contribution in [1.29, 1.82) is 0 Å². The van der Waals surface area contributed by atoms with Gasteiger partial charge in [0.15, 0.2) is 0 Å². The highest BCUT2D eigenvalue weighted by Crippen LogP contribution is 2.23. The van der Waals surface area contributed by atoms with Crippen molar-refractivity contribution in [2.75, 3.05) is 33.2 Å². The first kappa shape index (κ1) is 23.0. The molecular weight excluding hydrogens is 426 g/mol. The van der Waals surface area contributed by atoms with E-state index in [-0.39, 0.29) is 11.9 Å². The number of carbonyl (C=O) groups is 1. The molecule has 2 aromatic rings. The first-order valence-corrected chi connectivity index (χ1v) is 13.0. The van der Waals surface area contributed by atoms with Crippen LogP contribution < -0.4 is 0 Å². The van der Waals surface area contributed by atoms with Gasteiger partial charge in [-0.25, -0.2) is 8.42 Å². The zero-order valence-electron chi connectivity index (χ0n) is 18.8. The number of aryl methyl sites for hydroxylation is 1. The Bertz CT molecular complexity index is 975. The van der Waals surface area contributed by atoms with Crippen molar-refractivity contribution >= 4 is 15.9 Å². The lowest BCUT2D eigenvalue weighted by atomic mass is 10.0. The molecule has 2 fully saturated rings. The number of rotatable bonds is 8. The summed E-state index contributed by atoms with van der Waals surface area (Å²) in [5.74, 6) is 0.915. The number of hydrogen-bond donors (Lipinski definition) is 0. The van der Waals surface area contributed by atoms with E-state index in [1.54, 1.807) is 22.7 Å². The fourth-order valence-corrected chi connectivity index (χ4v) is 6.12. The second-order valence-corrected chi connectivity index (χ2v) is 10.8. The smallest absolute Gasteiger partial charge is 0.243 e. The summed E-state index contributed by atoms with van der Waals surface area (Å²) < 4.78 is 32.5. The minimum Gasteiger partial charge on any atom is -0.467 e. The number of sulfonamides is 1. The van der Waals surface area contributed by atoms with Gasteiger partial charge in [-0.1, -0.05) is 12.1 Å². The Kier molecular flexibility index (Phi) is 7.33. The molecule has 4 rings (SSSR count). The van der Waals surface area contributed by atoms with Crippen LogP contribution in [-0.2, 0) is 27.8 Å². The molecule has 0 saturated carbocycles. The predicted molar refractivity (Wildman–Crippen MR) is 123 cm³/mol. The van der Waals surface area contributed by atoms with Gasteiger partial charge >= 0.3 is 0 Å². The van der Waals surface area contributed by atoms with E-state index in [4.69, 9.17) is 4.42 Å². The van der Waals surface area contributed by atoms with Gasteiger partial charge in [-0.15, -0.1) is 0 Å². The molecular formula is C24H33N3O4S. The van der Waals surface area contributed by atoms with Crippen LogP contribution in [0.3, 0.4) is 0 Å². The normalized spacial score (nSPS) is 18.8. The summed E-state index contributed by atoms with van der Waals surface area (Å²) in [5, 5.41) is 0. The lowest BCUT2D eigenvalue weighted by Gasteiger charge is -2.37. The molecule has 0 radical (unpaired) electrons. The van der Waals surface area contributed by atoms with Crippen molar-refractivity contribution in [2.45, 2.75) is 56.0 Å². The Labute approximate surface area is 191 Å². The van der Waals surface area contributed by atoms with Crippen LogP contribution >= 0.6 is 0 Å². The maximum atomic E-state index is 13.2. The second-order valence-electron chi connectivity index (χ2n) is 8.89. The maximum absolute atomic E-state index is 13.2. The lowest BCUT2D eigenvalue weighted by molar-refractivity contribution is -0.135. The Balaban J connectivity index is 1.39. The number of carbonyl (C=O) groups excluding carboxylic acids is 1. The first-order chi connectivity index (χ1) is 15.4. The number of benzene rings is 1. The minimum absolute atomic E-state index is 0.115. The van der Waals surface area contributed by atoms with Gasteiger partial charge in [0.2, 0.25) is 15.9 Å². The van der Waals surface area contributed by atoms with Gasteiger partial charge in [-0.2, -0.15) is 4.31 Å². The lowest BCUT2D eigenvalue weighted by Crippen LogP contribution is -2.46. The second kappa shape index (κ2) is 10.2. The van der Waals surface area contributed by atoms with Gasteiger partial charge in [0.25, 0.3) is 0 Å². The molecule has 0 N–H and O–H groups in total. The molecule has 3 heterocycles. The molecule has 0 spiro atoms. The highest BCUT2D eigenvalue weighted by molar-refractivity contribution is 7.89. The number of likely N-dealkylation sites (tertiary alicyclic amines) is 1. The fourth-order valence-electron chi connectivity index (χ4n) is 4.60. The van der Waals surface area contributed by atoms with E-state index in [2.05, 4.69) is 11.9 Å². The molecule has 174 valence electrons. The number of hydrogen-bond acceptors (Lipinski definition) is 5. The van der Waals surface area contributed by atoms with Crippen LogP contribution in [0.5, 0.6) is 0 Å². The Morgan fingerprint density at radius 1 is 1.06 bits per heavy atom. The van der Waals surface area contributed by atoms with E-state index in [0.29, 0.717) is 37.4 Å². The summed E-state index contributed by atoms with van der Waals surface area (Å²) in [7, 11) is -1.29. The average Bonchev–Trinajstić information content (AvgIpc) is 3.51. The molecule has 1 aromatic carbocycles. The zero-order valence-corrected chi connectivity index (χ0v) is 19.6. The Hall–Kier alpha value is -2.16. The SMILES string of the molecule is CN1CCC(N(Cc2ccco2)C(=O)CCc2ccc(S(=O)(=O)N3CCCC3)cc2)CC1. The van der Waals surface area contributed by atoms with Crippen molar-refractivity contribution in [1.82, 2.24) is 14.1 Å². The summed E-state index contributed by atoms with van der Waals surface area (Å²) in [4.78, 5) is 17.8. The third-order valence-corrected chi connectivity index (χ3v) is 8.52. The molecule has 1 amide bonds. The largest absolute Gasteiger partial charge is 0.467 e. The Morgan fingerprint density at radius 2 is 1.75 bits per heavy atom. The zero-order chi connectivity index (χ0) is 22.6. The van der Waals surface area contributed by atoms with E-state index in [1.807, 2.05) is 29.2 Å². The molecule has 8 heteroatoms. The summed E-state index contributed by atoms with van der Waals surface area (Å²) in [5.41, 5.74) is 0.972. The molecule has 0 bridgehead atoms. The highest BCUT2D eigenvalue weighted by Gasteiger charge is 2.28. The van der Waals surface area contributed by atoms with Crippen LogP contribution in [0.2, 0.25) is 0 Å². The van der Waals surface area contributed by atoms with E-state index in [1.165, 1.54) is 0 Å². The molecule has 0 unspecified atom stereocenters. The molecule has 7 nitrogen and oxygen atoms in total. The molecule has 2 aliphatic heterocycles. The van der Waals surface area contributed by atoms with E-state index in [9.17, 15) is 13.2 Å². The van der Waals surface area contributed by atoms with Gasteiger partial charge in [-0.05, 0) is 82.1 Å². The fraction of sp³-hybridized carbons (Fsp3) is 0.542. The Morgan fingerprint density at radius 3 is 2.38 bits per heavy atom. The summed E-state index contributed by atoms with van der Waals surface area (Å²) in [6.07, 6.45) is 6.40. The van der Waals surface area contributed by atoms with Crippen molar-refractivity contribution in [3.05, 3.63) is 54.0 Å². The van der Waals surface area contributed by atoms with E-state index >= 15 is 0 Å². The van der Waals surface area contributed by atoms with Crippen LogP contribution in [0.4, 0.5) is 0 Å². The summed E-state index contributed by atoms with van der Waals surface area (Å²) in [6.45, 7) is 3.66. The molecule has 32 heavy (non-hydrogen) atoms. The monoisotopic (exact) mass is 459 g/mol. The first-order valence-electron chi connectivity index (χ1n) is 11.5. The van der Waals surface area contributed by atoms with Crippen LogP contribution in [0.1, 0.15) is 43.4 Å². The standard InChI is InChI=1S/C24H33N3O4S/c1-25-16-12-21(13-17-25)27(19-22-5-4-18-31-22)24(28)11-8-20-6-9-23(10-7-20)32(29,30)26-14-2-3-15-26/h4-7,9-10,18,21H,2-3,8,11-17,19H2,1H3. The third kappa shape index (κ3) is 5.42. The maximum Gasteiger partial charge on any atom is 0.243 e. The molecule has 0 atom stereocenters. The molecule has 1 aromatic heterocycles. The average molecular weight is 460 g/mol. The van der Waals surface area contributed by atoms with Crippen molar-refractivity contribution in [2.24, 2.45) is 0 Å². The van der Waals surface area contributed by atoms with Crippen molar-refractivity contribution < 1.29 is 17.6 Å². The topological polar surface area (TPSA) is 74.1 Å². The number of amides is 1. The molecule has 2 aliphatic rings.